The van der Waals surface area contributed by atoms with Gasteiger partial charge < -0.3 is 25.6 Å². The van der Waals surface area contributed by atoms with Gasteiger partial charge in [-0.25, -0.2) is 4.39 Å². The van der Waals surface area contributed by atoms with Gasteiger partial charge in [0.25, 0.3) is 11.8 Å². The van der Waals surface area contributed by atoms with E-state index in [1.165, 1.54) is 35.6 Å². The minimum absolute atomic E-state index is 0.0132. The molecular formula is C29H38FN5O4S. The molecule has 11 heteroatoms. The van der Waals surface area contributed by atoms with E-state index in [4.69, 9.17) is 10.5 Å². The first-order valence-corrected chi connectivity index (χ1v) is 15.0. The predicted molar refractivity (Wildman–Crippen MR) is 151 cm³/mol. The van der Waals surface area contributed by atoms with Crippen molar-refractivity contribution in [3.63, 3.8) is 0 Å². The number of nitrogens with zero attached hydrogens (tertiary/aromatic N) is 3. The van der Waals surface area contributed by atoms with E-state index in [2.05, 4.69) is 10.2 Å². The van der Waals surface area contributed by atoms with Crippen LogP contribution in [-0.2, 0) is 9.53 Å². The van der Waals surface area contributed by atoms with Crippen molar-refractivity contribution < 1.29 is 23.5 Å². The summed E-state index contributed by atoms with van der Waals surface area (Å²) in [5, 5.41) is 5.03. The lowest BCUT2D eigenvalue weighted by Gasteiger charge is -2.33. The van der Waals surface area contributed by atoms with E-state index in [-0.39, 0.29) is 42.4 Å². The average Bonchev–Trinajstić information content (AvgIpc) is 3.66. The zero-order chi connectivity index (χ0) is 28.1. The number of nitrogens with one attached hydrogen (secondary N) is 1. The van der Waals surface area contributed by atoms with Gasteiger partial charge in [-0.3, -0.25) is 19.3 Å². The fourth-order valence-electron chi connectivity index (χ4n) is 5.90. The summed E-state index contributed by atoms with van der Waals surface area (Å²) >= 11 is 1.39. The summed E-state index contributed by atoms with van der Waals surface area (Å²) in [6.45, 7) is 4.32. The second-order valence-corrected chi connectivity index (χ2v) is 11.9. The lowest BCUT2D eigenvalue weighted by Crippen LogP contribution is -2.50. The van der Waals surface area contributed by atoms with Crippen LogP contribution in [-0.4, -0.2) is 103 Å². The van der Waals surface area contributed by atoms with Crippen LogP contribution in [0.2, 0.25) is 0 Å². The highest BCUT2D eigenvalue weighted by Gasteiger charge is 2.44. The number of nitrogens with two attached hydrogens (primary N) is 1. The van der Waals surface area contributed by atoms with E-state index in [0.717, 1.165) is 38.8 Å². The van der Waals surface area contributed by atoms with Crippen LogP contribution in [0.3, 0.4) is 0 Å². The zero-order valence-corrected chi connectivity index (χ0v) is 23.5. The lowest BCUT2D eigenvalue weighted by atomic mass is 9.91. The van der Waals surface area contributed by atoms with E-state index < -0.39 is 11.9 Å². The number of halogens is 1. The van der Waals surface area contributed by atoms with Crippen LogP contribution in [0.4, 0.5) is 4.39 Å². The molecule has 3 fully saturated rings. The largest absolute Gasteiger partial charge is 0.379 e. The Morgan fingerprint density at radius 2 is 1.80 bits per heavy atom. The molecular weight excluding hydrogens is 533 g/mol. The van der Waals surface area contributed by atoms with Crippen LogP contribution in [0.1, 0.15) is 52.1 Å². The summed E-state index contributed by atoms with van der Waals surface area (Å²) in [7, 11) is 0. The van der Waals surface area contributed by atoms with Crippen molar-refractivity contribution in [1.82, 2.24) is 20.0 Å². The predicted octanol–water partition coefficient (Wildman–Crippen LogP) is 2.33. The van der Waals surface area contributed by atoms with E-state index in [1.807, 2.05) is 22.4 Å². The number of rotatable bonds is 8. The monoisotopic (exact) mass is 571 g/mol. The number of hydrogen-bond donors (Lipinski definition) is 2. The Balaban J connectivity index is 1.37. The van der Waals surface area contributed by atoms with Crippen molar-refractivity contribution >= 4 is 29.1 Å². The van der Waals surface area contributed by atoms with Gasteiger partial charge in [-0.05, 0) is 67.8 Å². The first-order valence-electron chi connectivity index (χ1n) is 14.2. The molecule has 2 saturated heterocycles. The summed E-state index contributed by atoms with van der Waals surface area (Å²) in [6, 6.07) is 8.13. The third kappa shape index (κ3) is 6.88. The van der Waals surface area contributed by atoms with Crippen molar-refractivity contribution in [3.8, 4) is 0 Å². The smallest absolute Gasteiger partial charge is 0.264 e. The molecule has 216 valence electrons. The number of hydrogen-bond acceptors (Lipinski definition) is 7. The molecule has 5 rings (SSSR count). The number of carbonyl (C=O) groups is 3. The number of benzene rings is 1. The standard InChI is InChI=1S/C29H38FN5O4S/c30-21-5-3-20(4-6-21)28(37)35-19-24(18-25(35)27(36)32-23-9-7-22(31)8-10-23)34(29(38)26-2-1-17-40-26)12-11-33-13-15-39-16-14-33/h1-6,17,22-25H,7-16,18-19,31H2,(H,32,36). The number of morpholine rings is 1. The van der Waals surface area contributed by atoms with Crippen LogP contribution in [0.15, 0.2) is 41.8 Å². The molecule has 3 aliphatic rings. The molecule has 2 unspecified atom stereocenters. The Morgan fingerprint density at radius 1 is 1.07 bits per heavy atom. The summed E-state index contributed by atoms with van der Waals surface area (Å²) in [5.41, 5.74) is 6.36. The quantitative estimate of drug-likeness (QED) is 0.504. The summed E-state index contributed by atoms with van der Waals surface area (Å²) in [5.74, 6) is -1.08. The highest BCUT2D eigenvalue weighted by molar-refractivity contribution is 7.12. The van der Waals surface area contributed by atoms with Gasteiger partial charge in [0.2, 0.25) is 5.91 Å². The first-order chi connectivity index (χ1) is 19.4. The van der Waals surface area contributed by atoms with Crippen LogP contribution in [0.25, 0.3) is 0 Å². The van der Waals surface area contributed by atoms with Gasteiger partial charge in [0, 0.05) is 50.4 Å². The molecule has 2 atom stereocenters. The van der Waals surface area contributed by atoms with E-state index in [1.54, 1.807) is 4.90 Å². The molecule has 0 radical (unpaired) electrons. The van der Waals surface area contributed by atoms with Gasteiger partial charge in [-0.2, -0.15) is 0 Å². The van der Waals surface area contributed by atoms with Crippen molar-refractivity contribution in [3.05, 3.63) is 58.0 Å². The number of carbonyl (C=O) groups excluding carboxylic acids is 3. The molecule has 1 aromatic carbocycles. The molecule has 0 spiro atoms. The Kier molecular flexibility index (Phi) is 9.46. The van der Waals surface area contributed by atoms with Gasteiger partial charge >= 0.3 is 0 Å². The van der Waals surface area contributed by atoms with Crippen molar-refractivity contribution in [1.29, 1.82) is 0 Å². The molecule has 1 saturated carbocycles. The summed E-state index contributed by atoms with van der Waals surface area (Å²) < 4.78 is 19.1. The van der Waals surface area contributed by atoms with Gasteiger partial charge in [-0.15, -0.1) is 11.3 Å². The van der Waals surface area contributed by atoms with Gasteiger partial charge in [0.05, 0.1) is 24.1 Å². The van der Waals surface area contributed by atoms with Gasteiger partial charge in [0.1, 0.15) is 11.9 Å². The molecule has 3 heterocycles. The molecule has 1 aliphatic carbocycles. The minimum Gasteiger partial charge on any atom is -0.379 e. The highest BCUT2D eigenvalue weighted by Crippen LogP contribution is 2.28. The lowest BCUT2D eigenvalue weighted by molar-refractivity contribution is -0.125. The number of ether oxygens (including phenoxy) is 1. The van der Waals surface area contributed by atoms with Crippen molar-refractivity contribution in [2.45, 2.75) is 56.3 Å². The van der Waals surface area contributed by atoms with Gasteiger partial charge in [0.15, 0.2) is 0 Å². The van der Waals surface area contributed by atoms with Crippen LogP contribution < -0.4 is 11.1 Å². The Bertz CT molecular complexity index is 1150. The molecule has 2 aromatic rings. The van der Waals surface area contributed by atoms with Crippen LogP contribution in [0, 0.1) is 5.82 Å². The number of amides is 3. The molecule has 40 heavy (non-hydrogen) atoms. The topological polar surface area (TPSA) is 108 Å². The molecule has 9 nitrogen and oxygen atoms in total. The Morgan fingerprint density at radius 3 is 2.48 bits per heavy atom. The molecule has 3 N–H and O–H groups in total. The fourth-order valence-corrected chi connectivity index (χ4v) is 6.58. The van der Waals surface area contributed by atoms with Crippen LogP contribution >= 0.6 is 11.3 Å². The van der Waals surface area contributed by atoms with Crippen LogP contribution in [0.5, 0.6) is 0 Å². The maximum Gasteiger partial charge on any atom is 0.264 e. The summed E-state index contributed by atoms with van der Waals surface area (Å²) in [6.07, 6.45) is 3.64. The third-order valence-corrected chi connectivity index (χ3v) is 9.10. The van der Waals surface area contributed by atoms with Crippen molar-refractivity contribution in [2.75, 3.05) is 45.9 Å². The maximum atomic E-state index is 13.7. The third-order valence-electron chi connectivity index (χ3n) is 8.25. The van der Waals surface area contributed by atoms with Gasteiger partial charge in [-0.1, -0.05) is 6.07 Å². The number of likely N-dealkylation sites (tertiary alicyclic amines) is 1. The van der Waals surface area contributed by atoms with E-state index >= 15 is 0 Å². The molecule has 0 bridgehead atoms. The normalized spacial score (nSPS) is 25.5. The Hall–Kier alpha value is -2.86. The highest BCUT2D eigenvalue weighted by atomic mass is 32.1. The zero-order valence-electron chi connectivity index (χ0n) is 22.7. The van der Waals surface area contributed by atoms with E-state index in [0.29, 0.717) is 43.2 Å². The Labute approximate surface area is 238 Å². The molecule has 2 aliphatic heterocycles. The SMILES string of the molecule is NC1CCC(NC(=O)C2CC(N(CCN3CCOCC3)C(=O)c3cccs3)CN2C(=O)c2ccc(F)cc2)CC1. The first kappa shape index (κ1) is 28.7. The molecule has 3 amide bonds. The molecule has 1 aromatic heterocycles. The fraction of sp³-hybridized carbons (Fsp3) is 0.552. The second kappa shape index (κ2) is 13.2. The average molecular weight is 572 g/mol. The summed E-state index contributed by atoms with van der Waals surface area (Å²) in [4.78, 5) is 47.3. The van der Waals surface area contributed by atoms with Crippen molar-refractivity contribution in [2.24, 2.45) is 5.73 Å². The number of thiophene rings is 1. The van der Waals surface area contributed by atoms with E-state index in [9.17, 15) is 18.8 Å². The minimum atomic E-state index is -0.736. The maximum absolute atomic E-state index is 13.7. The second-order valence-electron chi connectivity index (χ2n) is 10.9.